The van der Waals surface area contributed by atoms with Crippen LogP contribution in [-0.4, -0.2) is 37.4 Å². The Morgan fingerprint density at radius 2 is 2.00 bits per heavy atom. The molecule has 0 rings (SSSR count). The summed E-state index contributed by atoms with van der Waals surface area (Å²) in [6.45, 7) is 0.109. The Balaban J connectivity index is 4.17. The summed E-state index contributed by atoms with van der Waals surface area (Å²) in [7, 11) is -3.23. The maximum Gasteiger partial charge on any atom is 0.350 e. The molecule has 0 fully saturated rings. The predicted molar refractivity (Wildman–Crippen MR) is 46.0 cm³/mol. The van der Waals surface area contributed by atoms with E-state index in [0.29, 0.717) is 16.1 Å². The van der Waals surface area contributed by atoms with E-state index < -0.39 is 15.8 Å². The van der Waals surface area contributed by atoms with Crippen LogP contribution in [0.2, 0.25) is 0 Å². The molecule has 0 aliphatic carbocycles. The minimum Gasteiger partial charge on any atom is -0.206 e. The van der Waals surface area contributed by atoms with E-state index in [1.807, 2.05) is 0 Å². The Bertz CT molecular complexity index is 219. The van der Waals surface area contributed by atoms with Gasteiger partial charge in [0.2, 0.25) is 0 Å². The number of hydrogen-bond acceptors (Lipinski definition) is 2. The molecule has 0 aromatic rings. The first-order valence-electron chi connectivity index (χ1n) is 3.22. The molecule has 0 aliphatic heterocycles. The highest BCUT2D eigenvalue weighted by atomic mass is 79.9. The summed E-state index contributed by atoms with van der Waals surface area (Å²) in [5.74, 6) is -3.32. The van der Waals surface area contributed by atoms with Crippen molar-refractivity contribution in [2.45, 2.75) is 12.2 Å². The topological polar surface area (TPSA) is 37.4 Å². The van der Waals surface area contributed by atoms with Crippen LogP contribution >= 0.6 is 15.9 Å². The molecule has 0 saturated carbocycles. The predicted octanol–water partition coefficient (Wildman–Crippen LogP) is 1.26. The van der Waals surface area contributed by atoms with Gasteiger partial charge in [0.25, 0.3) is 10.0 Å². The average Bonchev–Trinajstić information content (AvgIpc) is 1.99. The van der Waals surface area contributed by atoms with Gasteiger partial charge in [0, 0.05) is 18.9 Å². The average molecular weight is 266 g/mol. The van der Waals surface area contributed by atoms with Crippen molar-refractivity contribution in [1.82, 2.24) is 4.31 Å². The van der Waals surface area contributed by atoms with Crippen molar-refractivity contribution in [1.29, 1.82) is 0 Å². The van der Waals surface area contributed by atoms with Gasteiger partial charge in [-0.25, -0.2) is 12.7 Å². The Kier molecular flexibility index (Phi) is 5.19. The lowest BCUT2D eigenvalue weighted by Gasteiger charge is -2.14. The molecule has 74 valence electrons. The van der Waals surface area contributed by atoms with Gasteiger partial charge in [-0.15, -0.1) is 0 Å². The molecule has 12 heavy (non-hydrogen) atoms. The van der Waals surface area contributed by atoms with Gasteiger partial charge in [0.15, 0.2) is 0 Å². The fraction of sp³-hybridized carbons (Fsp3) is 1.00. The summed E-state index contributed by atoms with van der Waals surface area (Å²) in [5.41, 5.74) is 0. The Labute approximate surface area is 78.9 Å². The molecule has 0 heterocycles. The largest absolute Gasteiger partial charge is 0.350 e. The highest BCUT2D eigenvalue weighted by Crippen LogP contribution is 2.10. The van der Waals surface area contributed by atoms with E-state index in [9.17, 15) is 17.2 Å². The molecule has 0 saturated heterocycles. The second-order valence-electron chi connectivity index (χ2n) is 2.17. The molecule has 0 bridgehead atoms. The Morgan fingerprint density at radius 1 is 1.50 bits per heavy atom. The van der Waals surface area contributed by atoms with Crippen molar-refractivity contribution in [2.75, 3.05) is 18.9 Å². The zero-order valence-electron chi connectivity index (χ0n) is 6.50. The molecular formula is C5H10BrF2NO2S. The van der Waals surface area contributed by atoms with Crippen LogP contribution in [0.25, 0.3) is 0 Å². The van der Waals surface area contributed by atoms with Crippen LogP contribution in [0.5, 0.6) is 0 Å². The normalized spacial score (nSPS) is 12.8. The van der Waals surface area contributed by atoms with E-state index in [4.69, 9.17) is 0 Å². The molecule has 0 atom stereocenters. The van der Waals surface area contributed by atoms with Gasteiger partial charge in [-0.05, 0) is 6.42 Å². The fourth-order valence-electron chi connectivity index (χ4n) is 0.546. The Hall–Kier alpha value is 0.250. The molecule has 0 radical (unpaired) electrons. The first-order valence-corrected chi connectivity index (χ1v) is 5.84. The highest BCUT2D eigenvalue weighted by Gasteiger charge is 2.28. The SMILES string of the molecule is CN(CCCBr)S(=O)(=O)C(F)F. The van der Waals surface area contributed by atoms with E-state index in [-0.39, 0.29) is 6.54 Å². The molecule has 0 aromatic heterocycles. The summed E-state index contributed by atoms with van der Waals surface area (Å²) in [6, 6.07) is 0. The number of alkyl halides is 3. The van der Waals surface area contributed by atoms with Crippen molar-refractivity contribution in [3.05, 3.63) is 0 Å². The third kappa shape index (κ3) is 3.32. The van der Waals surface area contributed by atoms with Crippen LogP contribution < -0.4 is 0 Å². The smallest absolute Gasteiger partial charge is 0.206 e. The lowest BCUT2D eigenvalue weighted by molar-refractivity contribution is 0.222. The van der Waals surface area contributed by atoms with E-state index in [2.05, 4.69) is 15.9 Å². The van der Waals surface area contributed by atoms with Crippen molar-refractivity contribution in [3.63, 3.8) is 0 Å². The lowest BCUT2D eigenvalue weighted by Crippen LogP contribution is -2.32. The highest BCUT2D eigenvalue weighted by molar-refractivity contribution is 9.09. The van der Waals surface area contributed by atoms with Crippen molar-refractivity contribution in [2.24, 2.45) is 0 Å². The first kappa shape index (κ1) is 12.2. The maximum absolute atomic E-state index is 11.8. The molecule has 0 amide bonds. The fourth-order valence-corrected chi connectivity index (χ4v) is 1.45. The van der Waals surface area contributed by atoms with Crippen LogP contribution in [-0.2, 0) is 10.0 Å². The van der Waals surface area contributed by atoms with E-state index >= 15 is 0 Å². The zero-order chi connectivity index (χ0) is 9.78. The number of sulfonamides is 1. The van der Waals surface area contributed by atoms with Crippen molar-refractivity contribution >= 4 is 26.0 Å². The third-order valence-electron chi connectivity index (χ3n) is 1.27. The number of hydrogen-bond donors (Lipinski definition) is 0. The van der Waals surface area contributed by atoms with Gasteiger partial charge >= 0.3 is 5.76 Å². The van der Waals surface area contributed by atoms with Crippen LogP contribution in [0.3, 0.4) is 0 Å². The molecular weight excluding hydrogens is 256 g/mol. The van der Waals surface area contributed by atoms with Gasteiger partial charge in [-0.1, -0.05) is 15.9 Å². The van der Waals surface area contributed by atoms with Crippen LogP contribution in [0, 0.1) is 0 Å². The monoisotopic (exact) mass is 265 g/mol. The van der Waals surface area contributed by atoms with Crippen molar-refractivity contribution < 1.29 is 17.2 Å². The first-order chi connectivity index (χ1) is 5.42. The third-order valence-corrected chi connectivity index (χ3v) is 3.33. The summed E-state index contributed by atoms with van der Waals surface area (Å²) in [5, 5.41) is 0.593. The van der Waals surface area contributed by atoms with Crippen LogP contribution in [0.15, 0.2) is 0 Å². The minimum atomic E-state index is -4.37. The second-order valence-corrected chi connectivity index (χ2v) is 4.97. The lowest BCUT2D eigenvalue weighted by atomic mass is 10.5. The van der Waals surface area contributed by atoms with Gasteiger partial charge in [-0.3, -0.25) is 0 Å². The molecule has 3 nitrogen and oxygen atoms in total. The zero-order valence-corrected chi connectivity index (χ0v) is 8.91. The number of halogens is 3. The van der Waals surface area contributed by atoms with Gasteiger partial charge in [0.05, 0.1) is 0 Å². The molecule has 0 aliphatic rings. The van der Waals surface area contributed by atoms with E-state index in [0.717, 1.165) is 7.05 Å². The van der Waals surface area contributed by atoms with E-state index in [1.165, 1.54) is 0 Å². The quantitative estimate of drug-likeness (QED) is 0.702. The standard InChI is InChI=1S/C5H10BrF2NO2S/c1-9(4-2-3-6)12(10,11)5(7)8/h5H,2-4H2,1H3. The summed E-state index contributed by atoms with van der Waals surface area (Å²) >= 11 is 3.07. The van der Waals surface area contributed by atoms with Gasteiger partial charge in [0.1, 0.15) is 0 Å². The van der Waals surface area contributed by atoms with Gasteiger partial charge < -0.3 is 0 Å². The van der Waals surface area contributed by atoms with Gasteiger partial charge in [-0.2, -0.15) is 8.78 Å². The minimum absolute atomic E-state index is 0.109. The summed E-state index contributed by atoms with van der Waals surface area (Å²) in [6.07, 6.45) is 0.516. The molecule has 0 unspecified atom stereocenters. The summed E-state index contributed by atoms with van der Waals surface area (Å²) < 4.78 is 45.8. The van der Waals surface area contributed by atoms with Crippen molar-refractivity contribution in [3.8, 4) is 0 Å². The van der Waals surface area contributed by atoms with Crippen LogP contribution in [0.1, 0.15) is 6.42 Å². The Morgan fingerprint density at radius 3 is 2.33 bits per heavy atom. The summed E-state index contributed by atoms with van der Waals surface area (Å²) in [4.78, 5) is 0. The number of nitrogens with zero attached hydrogens (tertiary/aromatic N) is 1. The molecule has 0 N–H and O–H groups in total. The molecule has 7 heteroatoms. The van der Waals surface area contributed by atoms with Crippen LogP contribution in [0.4, 0.5) is 8.78 Å². The maximum atomic E-state index is 11.8. The van der Waals surface area contributed by atoms with E-state index in [1.54, 1.807) is 0 Å². The number of rotatable bonds is 5. The molecule has 0 aromatic carbocycles. The second kappa shape index (κ2) is 5.08. The molecule has 0 spiro atoms.